The Morgan fingerprint density at radius 2 is 1.82 bits per heavy atom. The monoisotopic (exact) mass is 383 g/mol. The van der Waals surface area contributed by atoms with E-state index in [1.807, 2.05) is 19.9 Å². The van der Waals surface area contributed by atoms with Crippen molar-refractivity contribution >= 4 is 22.9 Å². The van der Waals surface area contributed by atoms with Crippen molar-refractivity contribution in [3.63, 3.8) is 0 Å². The number of nitrogens with zero attached hydrogens (tertiary/aromatic N) is 4. The van der Waals surface area contributed by atoms with Gasteiger partial charge in [-0.3, -0.25) is 19.0 Å². The van der Waals surface area contributed by atoms with Crippen molar-refractivity contribution in [1.82, 2.24) is 24.8 Å². The molecule has 0 aliphatic carbocycles. The number of fused-ring (bicyclic) bond motifs is 1. The van der Waals surface area contributed by atoms with Crippen LogP contribution in [0.15, 0.2) is 23.1 Å². The van der Waals surface area contributed by atoms with Gasteiger partial charge in [-0.05, 0) is 26.0 Å². The van der Waals surface area contributed by atoms with E-state index in [9.17, 15) is 19.5 Å². The van der Waals surface area contributed by atoms with Crippen molar-refractivity contribution in [3.05, 3.63) is 45.6 Å². The van der Waals surface area contributed by atoms with Gasteiger partial charge in [0.05, 0.1) is 5.39 Å². The summed E-state index contributed by atoms with van der Waals surface area (Å²) in [4.78, 5) is 48.3. The summed E-state index contributed by atoms with van der Waals surface area (Å²) < 4.78 is 1.11. The molecule has 0 unspecified atom stereocenters. The first-order valence-electron chi connectivity index (χ1n) is 8.23. The molecule has 3 rings (SSSR count). The molecule has 10 nitrogen and oxygen atoms in total. The molecule has 10 heteroatoms. The second-order valence-electron chi connectivity index (χ2n) is 6.23. The molecule has 0 aliphatic heterocycles. The summed E-state index contributed by atoms with van der Waals surface area (Å²) in [5.74, 6) is -2.46. The van der Waals surface area contributed by atoms with E-state index in [-0.39, 0.29) is 11.0 Å². The number of rotatable bonds is 4. The van der Waals surface area contributed by atoms with E-state index in [1.54, 1.807) is 0 Å². The zero-order chi connectivity index (χ0) is 20.6. The molecule has 3 aromatic rings. The first-order chi connectivity index (χ1) is 13.2. The summed E-state index contributed by atoms with van der Waals surface area (Å²) in [6, 6.07) is 3.34. The minimum absolute atomic E-state index is 0.142. The number of hydrogen-bond acceptors (Lipinski definition) is 7. The molecular formula is C18H17N5O5. The molecule has 0 saturated heterocycles. The molecule has 0 fully saturated rings. The van der Waals surface area contributed by atoms with Crippen LogP contribution in [0.5, 0.6) is 5.75 Å². The third-order valence-electron chi connectivity index (χ3n) is 4.06. The molecular weight excluding hydrogens is 366 g/mol. The lowest BCUT2D eigenvalue weighted by Gasteiger charge is -2.12. The van der Waals surface area contributed by atoms with E-state index in [0.29, 0.717) is 11.4 Å². The Hall–Kier alpha value is -3.82. The number of amides is 1. The maximum absolute atomic E-state index is 12.5. The van der Waals surface area contributed by atoms with E-state index in [0.717, 1.165) is 16.0 Å². The summed E-state index contributed by atoms with van der Waals surface area (Å²) >= 11 is 0. The van der Waals surface area contributed by atoms with Crippen LogP contribution in [-0.4, -0.2) is 48.2 Å². The van der Waals surface area contributed by atoms with Gasteiger partial charge in [-0.25, -0.2) is 15.0 Å². The number of aromatic hydroxyl groups is 1. The minimum Gasteiger partial charge on any atom is -0.506 e. The summed E-state index contributed by atoms with van der Waals surface area (Å²) in [6.07, 6.45) is 1.47. The number of carbonyl (C=O) groups is 2. The fourth-order valence-electron chi connectivity index (χ4n) is 2.83. The van der Waals surface area contributed by atoms with Gasteiger partial charge in [0, 0.05) is 30.2 Å². The number of aliphatic carboxylic acids is 1. The molecule has 0 aromatic carbocycles. The summed E-state index contributed by atoms with van der Waals surface area (Å²) in [7, 11) is 1.40. The van der Waals surface area contributed by atoms with Crippen LogP contribution in [-0.2, 0) is 11.8 Å². The number of aromatic nitrogens is 4. The SMILES string of the molecule is Cc1cc(C)nc(-c2cnc3c(c2)c(O)c(C(=O)NCC(=O)O)c(=O)n3C)n1. The molecule has 3 aromatic heterocycles. The molecule has 0 aliphatic rings. The second-order valence-corrected chi connectivity index (χ2v) is 6.23. The molecule has 0 spiro atoms. The van der Waals surface area contributed by atoms with Gasteiger partial charge in [-0.2, -0.15) is 0 Å². The predicted molar refractivity (Wildman–Crippen MR) is 99.1 cm³/mol. The molecule has 0 atom stereocenters. The van der Waals surface area contributed by atoms with Gasteiger partial charge in [-0.15, -0.1) is 0 Å². The molecule has 144 valence electrons. The number of nitrogens with one attached hydrogen (secondary N) is 1. The fraction of sp³-hybridized carbons (Fsp3) is 0.222. The van der Waals surface area contributed by atoms with E-state index in [1.165, 1.54) is 19.3 Å². The maximum atomic E-state index is 12.5. The van der Waals surface area contributed by atoms with Crippen LogP contribution in [0.25, 0.3) is 22.4 Å². The van der Waals surface area contributed by atoms with Crippen molar-refractivity contribution in [3.8, 4) is 17.1 Å². The Morgan fingerprint density at radius 1 is 1.18 bits per heavy atom. The van der Waals surface area contributed by atoms with Crippen LogP contribution in [0.3, 0.4) is 0 Å². The van der Waals surface area contributed by atoms with Crippen molar-refractivity contribution in [2.24, 2.45) is 7.05 Å². The van der Waals surface area contributed by atoms with Gasteiger partial charge < -0.3 is 15.5 Å². The van der Waals surface area contributed by atoms with Crippen LogP contribution >= 0.6 is 0 Å². The zero-order valence-electron chi connectivity index (χ0n) is 15.3. The third-order valence-corrected chi connectivity index (χ3v) is 4.06. The van der Waals surface area contributed by atoms with E-state index >= 15 is 0 Å². The highest BCUT2D eigenvalue weighted by molar-refractivity contribution is 6.03. The number of carboxylic acids is 1. The summed E-state index contributed by atoms with van der Waals surface area (Å²) in [5, 5.41) is 21.5. The smallest absolute Gasteiger partial charge is 0.322 e. The largest absolute Gasteiger partial charge is 0.506 e. The van der Waals surface area contributed by atoms with Gasteiger partial charge in [0.2, 0.25) is 0 Å². The summed E-state index contributed by atoms with van der Waals surface area (Å²) in [5.41, 5.74) is 0.796. The number of carbonyl (C=O) groups excluding carboxylic acids is 1. The number of pyridine rings is 2. The van der Waals surface area contributed by atoms with Gasteiger partial charge in [-0.1, -0.05) is 0 Å². The highest BCUT2D eigenvalue weighted by atomic mass is 16.4. The molecule has 3 N–H and O–H groups in total. The average Bonchev–Trinajstić information content (AvgIpc) is 2.63. The van der Waals surface area contributed by atoms with E-state index in [2.05, 4.69) is 20.3 Å². The van der Waals surface area contributed by atoms with Gasteiger partial charge >= 0.3 is 5.97 Å². The molecule has 0 saturated carbocycles. The average molecular weight is 383 g/mol. The number of hydrogen-bond donors (Lipinski definition) is 3. The number of carboxylic acid groups (broad SMARTS) is 1. The van der Waals surface area contributed by atoms with E-state index < -0.39 is 35.3 Å². The maximum Gasteiger partial charge on any atom is 0.322 e. The highest BCUT2D eigenvalue weighted by Gasteiger charge is 2.22. The molecule has 3 heterocycles. The van der Waals surface area contributed by atoms with Gasteiger partial charge in [0.1, 0.15) is 23.5 Å². The predicted octanol–water partition coefficient (Wildman–Crippen LogP) is 0.527. The Balaban J connectivity index is 2.21. The first kappa shape index (κ1) is 19.0. The molecule has 0 bridgehead atoms. The first-order valence-corrected chi connectivity index (χ1v) is 8.23. The summed E-state index contributed by atoms with van der Waals surface area (Å²) in [6.45, 7) is 2.95. The fourth-order valence-corrected chi connectivity index (χ4v) is 2.83. The Kier molecular flexibility index (Phi) is 4.78. The molecule has 0 radical (unpaired) electrons. The quantitative estimate of drug-likeness (QED) is 0.591. The van der Waals surface area contributed by atoms with Crippen molar-refractivity contribution in [2.45, 2.75) is 13.8 Å². The molecule has 28 heavy (non-hydrogen) atoms. The zero-order valence-corrected chi connectivity index (χ0v) is 15.3. The van der Waals surface area contributed by atoms with Gasteiger partial charge in [0.15, 0.2) is 5.82 Å². The van der Waals surface area contributed by atoms with Crippen LogP contribution in [0.2, 0.25) is 0 Å². The highest BCUT2D eigenvalue weighted by Crippen LogP contribution is 2.28. The molecule has 1 amide bonds. The van der Waals surface area contributed by atoms with E-state index in [4.69, 9.17) is 5.11 Å². The van der Waals surface area contributed by atoms with Crippen LogP contribution in [0.1, 0.15) is 21.7 Å². The topological polar surface area (TPSA) is 147 Å². The van der Waals surface area contributed by atoms with Crippen molar-refractivity contribution in [2.75, 3.05) is 6.54 Å². The second kappa shape index (κ2) is 7.06. The van der Waals surface area contributed by atoms with Crippen molar-refractivity contribution in [1.29, 1.82) is 0 Å². The van der Waals surface area contributed by atoms with Gasteiger partial charge in [0.25, 0.3) is 11.5 Å². The Bertz CT molecular complexity index is 1160. The third kappa shape index (κ3) is 3.39. The Morgan fingerprint density at radius 3 is 2.43 bits per heavy atom. The van der Waals surface area contributed by atoms with Crippen LogP contribution in [0, 0.1) is 13.8 Å². The standard InChI is InChI=1S/C18H17N5O5/c1-8-4-9(2)22-15(21-8)10-5-11-14(26)13(17(27)20-7-12(24)25)18(28)23(3)16(11)19-6-10/h4-6,26H,7H2,1-3H3,(H,20,27)(H,24,25). The normalized spacial score (nSPS) is 10.8. The van der Waals surface area contributed by atoms with Crippen LogP contribution < -0.4 is 10.9 Å². The minimum atomic E-state index is -1.28. The van der Waals surface area contributed by atoms with Crippen molar-refractivity contribution < 1.29 is 19.8 Å². The lowest BCUT2D eigenvalue weighted by atomic mass is 10.1. The Labute approximate surface area is 158 Å². The number of aryl methyl sites for hydroxylation is 3. The van der Waals surface area contributed by atoms with Crippen LogP contribution in [0.4, 0.5) is 0 Å². The lowest BCUT2D eigenvalue weighted by Crippen LogP contribution is -2.35. The lowest BCUT2D eigenvalue weighted by molar-refractivity contribution is -0.135.